The Morgan fingerprint density at radius 1 is 0.410 bits per heavy atom. The molecule has 0 fully saturated rings. The lowest BCUT2D eigenvalue weighted by molar-refractivity contribution is 0.591. The quantitative estimate of drug-likeness (QED) is 0.178. The van der Waals surface area contributed by atoms with Gasteiger partial charge in [0.25, 0.3) is 0 Å². The number of hydrogen-bond acceptors (Lipinski definition) is 2. The molecule has 0 spiro atoms. The number of pyridine rings is 1. The molecule has 4 heteroatoms. The van der Waals surface area contributed by atoms with Crippen molar-refractivity contribution in [3.8, 4) is 0 Å². The van der Waals surface area contributed by atoms with E-state index in [1.54, 1.807) is 0 Å². The number of nitrogens with zero attached hydrogens (tertiary/aromatic N) is 4. The Labute approximate surface area is 353 Å². The molecule has 292 valence electrons. The van der Waals surface area contributed by atoms with Gasteiger partial charge >= 0.3 is 0 Å². The zero-order valence-corrected chi connectivity index (χ0v) is 35.3. The van der Waals surface area contributed by atoms with Gasteiger partial charge in [0.05, 0.1) is 39.5 Å². The second-order valence-corrected chi connectivity index (χ2v) is 19.3. The standard InChI is InChI=1S/C57H44N4/c1-56(2,3)35-28-43-41-26-25-33-17-13-15-23-39(33)50(41)61-52(43)46(31-35)49-48-45-30-36(57(4,5)6)29-44-42-27-34-18-14-16-24-40(34)53(54(42)60(51(44)45)47(48)32-58-55(49)61)59(37-19-9-7-10-20-37)38-21-11-8-12-22-38/h7-32H,1-6H3. The van der Waals surface area contributed by atoms with E-state index in [4.69, 9.17) is 4.98 Å². The van der Waals surface area contributed by atoms with Crippen LogP contribution in [0.4, 0.5) is 17.1 Å². The van der Waals surface area contributed by atoms with Gasteiger partial charge in [-0.15, -0.1) is 0 Å². The molecule has 5 heterocycles. The third-order valence-corrected chi connectivity index (χ3v) is 13.6. The van der Waals surface area contributed by atoms with Gasteiger partial charge in [0.15, 0.2) is 0 Å². The van der Waals surface area contributed by atoms with Crippen LogP contribution < -0.4 is 4.90 Å². The highest BCUT2D eigenvalue weighted by Crippen LogP contribution is 2.52. The molecule has 0 unspecified atom stereocenters. The molecule has 13 rings (SSSR count). The Kier molecular flexibility index (Phi) is 6.69. The van der Waals surface area contributed by atoms with Crippen molar-refractivity contribution >= 4 is 115 Å². The summed E-state index contributed by atoms with van der Waals surface area (Å²) in [6.45, 7) is 14.1. The van der Waals surface area contributed by atoms with Crippen molar-refractivity contribution in [2.75, 3.05) is 4.90 Å². The van der Waals surface area contributed by atoms with E-state index in [-0.39, 0.29) is 10.8 Å². The van der Waals surface area contributed by atoms with E-state index >= 15 is 0 Å². The van der Waals surface area contributed by atoms with Crippen LogP contribution in [0.25, 0.3) is 97.9 Å². The second-order valence-electron chi connectivity index (χ2n) is 19.3. The minimum atomic E-state index is -0.0856. The summed E-state index contributed by atoms with van der Waals surface area (Å²) in [6, 6.07) is 56.4. The molecular weight excluding hydrogens is 741 g/mol. The number of fused-ring (bicyclic) bond motifs is 16. The molecule has 0 aliphatic carbocycles. The third-order valence-electron chi connectivity index (χ3n) is 13.6. The van der Waals surface area contributed by atoms with Gasteiger partial charge in [0, 0.05) is 65.2 Å². The maximum atomic E-state index is 5.60. The molecule has 0 aliphatic heterocycles. The van der Waals surface area contributed by atoms with Crippen LogP contribution in [0, 0.1) is 0 Å². The van der Waals surface area contributed by atoms with Crippen molar-refractivity contribution in [1.29, 1.82) is 0 Å². The van der Waals surface area contributed by atoms with E-state index < -0.39 is 0 Å². The minimum absolute atomic E-state index is 0.0563. The normalized spacial score (nSPS) is 13.1. The van der Waals surface area contributed by atoms with Crippen LogP contribution >= 0.6 is 0 Å². The molecule has 4 nitrogen and oxygen atoms in total. The predicted molar refractivity (Wildman–Crippen MR) is 261 cm³/mol. The van der Waals surface area contributed by atoms with E-state index in [2.05, 4.69) is 213 Å². The lowest BCUT2D eigenvalue weighted by atomic mass is 9.84. The van der Waals surface area contributed by atoms with Crippen LogP contribution in [0.15, 0.2) is 158 Å². The summed E-state index contributed by atoms with van der Waals surface area (Å²) in [5, 5.41) is 15.1. The van der Waals surface area contributed by atoms with Crippen LogP contribution in [0.2, 0.25) is 0 Å². The first-order valence-electron chi connectivity index (χ1n) is 21.6. The van der Waals surface area contributed by atoms with Crippen molar-refractivity contribution in [1.82, 2.24) is 13.8 Å². The van der Waals surface area contributed by atoms with Crippen LogP contribution in [0.5, 0.6) is 0 Å². The summed E-state index contributed by atoms with van der Waals surface area (Å²) in [5.74, 6) is 0. The summed E-state index contributed by atoms with van der Waals surface area (Å²) in [7, 11) is 0. The van der Waals surface area contributed by atoms with E-state index in [1.807, 2.05) is 0 Å². The fourth-order valence-corrected chi connectivity index (χ4v) is 10.7. The van der Waals surface area contributed by atoms with Gasteiger partial charge in [-0.25, -0.2) is 4.98 Å². The topological polar surface area (TPSA) is 24.9 Å². The van der Waals surface area contributed by atoms with Crippen molar-refractivity contribution in [3.05, 3.63) is 169 Å². The SMILES string of the molecule is CC(C)(C)c1cc2c3cc4ccccc4c(N(c4ccccc4)c4ccccc4)c3n3c4cnc5c(c6cc(C(C)(C)C)cc7c8ccc9ccccc9c8n5c76)c4c(c1)c23. The predicted octanol–water partition coefficient (Wildman–Crippen LogP) is 15.8. The Bertz CT molecular complexity index is 3890. The molecule has 0 saturated carbocycles. The van der Waals surface area contributed by atoms with Crippen molar-refractivity contribution in [2.24, 2.45) is 0 Å². The maximum absolute atomic E-state index is 5.60. The van der Waals surface area contributed by atoms with E-state index in [1.165, 1.54) is 104 Å². The highest BCUT2D eigenvalue weighted by atomic mass is 15.2. The molecule has 0 N–H and O–H groups in total. The lowest BCUT2D eigenvalue weighted by Gasteiger charge is -2.28. The Hall–Kier alpha value is -7.17. The van der Waals surface area contributed by atoms with Gasteiger partial charge in [-0.2, -0.15) is 0 Å². The van der Waals surface area contributed by atoms with Gasteiger partial charge in [-0.1, -0.05) is 139 Å². The molecule has 0 saturated heterocycles. The third kappa shape index (κ3) is 4.57. The summed E-state index contributed by atoms with van der Waals surface area (Å²) >= 11 is 0. The Morgan fingerprint density at radius 2 is 0.918 bits per heavy atom. The lowest BCUT2D eigenvalue weighted by Crippen LogP contribution is -2.11. The van der Waals surface area contributed by atoms with Crippen LogP contribution in [0.3, 0.4) is 0 Å². The number of benzene rings is 8. The van der Waals surface area contributed by atoms with Crippen molar-refractivity contribution in [3.63, 3.8) is 0 Å². The number of anilines is 3. The average molecular weight is 785 g/mol. The zero-order chi connectivity index (χ0) is 41.1. The number of para-hydroxylation sites is 2. The van der Waals surface area contributed by atoms with Crippen molar-refractivity contribution in [2.45, 2.75) is 52.4 Å². The number of hydrogen-bond donors (Lipinski definition) is 0. The molecule has 61 heavy (non-hydrogen) atoms. The van der Waals surface area contributed by atoms with Gasteiger partial charge in [0.1, 0.15) is 5.65 Å². The molecule has 8 aromatic carbocycles. The smallest absolute Gasteiger partial charge is 0.146 e. The molecule has 0 atom stereocenters. The summed E-state index contributed by atoms with van der Waals surface area (Å²) in [5.41, 5.74) is 13.0. The molecule has 0 radical (unpaired) electrons. The summed E-state index contributed by atoms with van der Waals surface area (Å²) in [6.07, 6.45) is 2.18. The first kappa shape index (κ1) is 34.7. The first-order valence-corrected chi connectivity index (χ1v) is 21.6. The summed E-state index contributed by atoms with van der Waals surface area (Å²) < 4.78 is 5.06. The second kappa shape index (κ2) is 11.8. The molecule has 13 aromatic rings. The fourth-order valence-electron chi connectivity index (χ4n) is 10.7. The fraction of sp³-hybridized carbons (Fsp3) is 0.140. The molecular formula is C57H44N4. The largest absolute Gasteiger partial charge is 0.308 e. The van der Waals surface area contributed by atoms with Crippen LogP contribution in [-0.4, -0.2) is 13.8 Å². The Morgan fingerprint density at radius 3 is 1.57 bits per heavy atom. The highest BCUT2D eigenvalue weighted by Gasteiger charge is 2.31. The highest BCUT2D eigenvalue weighted by molar-refractivity contribution is 6.37. The van der Waals surface area contributed by atoms with E-state index in [9.17, 15) is 0 Å². The number of rotatable bonds is 3. The molecule has 0 amide bonds. The van der Waals surface area contributed by atoms with Gasteiger partial charge in [-0.3, -0.25) is 4.40 Å². The monoisotopic (exact) mass is 784 g/mol. The van der Waals surface area contributed by atoms with Gasteiger partial charge in [0.2, 0.25) is 0 Å². The molecule has 5 aromatic heterocycles. The average Bonchev–Trinajstić information content (AvgIpc) is 3.99. The minimum Gasteiger partial charge on any atom is -0.308 e. The first-order chi connectivity index (χ1) is 29.6. The molecule has 0 aliphatic rings. The van der Waals surface area contributed by atoms with Gasteiger partial charge < -0.3 is 9.30 Å². The van der Waals surface area contributed by atoms with E-state index in [0.29, 0.717) is 0 Å². The van der Waals surface area contributed by atoms with Crippen LogP contribution in [0.1, 0.15) is 52.7 Å². The Balaban J connectivity index is 1.31. The maximum Gasteiger partial charge on any atom is 0.146 e. The van der Waals surface area contributed by atoms with E-state index in [0.717, 1.165) is 22.5 Å². The van der Waals surface area contributed by atoms with Crippen LogP contribution in [-0.2, 0) is 10.8 Å². The van der Waals surface area contributed by atoms with Crippen molar-refractivity contribution < 1.29 is 0 Å². The zero-order valence-electron chi connectivity index (χ0n) is 35.3. The van der Waals surface area contributed by atoms with Gasteiger partial charge in [-0.05, 0) is 87.3 Å². The summed E-state index contributed by atoms with van der Waals surface area (Å²) in [4.78, 5) is 8.07. The number of aromatic nitrogens is 3. The molecule has 0 bridgehead atoms.